The van der Waals surface area contributed by atoms with E-state index in [0.29, 0.717) is 17.0 Å². The first kappa shape index (κ1) is 13.9. The second-order valence-electron chi connectivity index (χ2n) is 4.29. The molecule has 0 aliphatic carbocycles. The Kier molecular flexibility index (Phi) is 4.85. The Hall–Kier alpha value is -1.49. The van der Waals surface area contributed by atoms with E-state index < -0.39 is 0 Å². The van der Waals surface area contributed by atoms with Crippen molar-refractivity contribution in [2.45, 2.75) is 18.9 Å². The Morgan fingerprint density at radius 3 is 2.89 bits per heavy atom. The van der Waals surface area contributed by atoms with Crippen molar-refractivity contribution in [3.05, 3.63) is 64.7 Å². The number of halogens is 2. The van der Waals surface area contributed by atoms with Crippen LogP contribution in [0.15, 0.2) is 42.7 Å². The van der Waals surface area contributed by atoms with Gasteiger partial charge in [0.05, 0.1) is 0 Å². The van der Waals surface area contributed by atoms with Crippen molar-refractivity contribution in [1.29, 1.82) is 0 Å². The van der Waals surface area contributed by atoms with Gasteiger partial charge in [-0.3, -0.25) is 16.3 Å². The van der Waals surface area contributed by atoms with Crippen LogP contribution in [-0.4, -0.2) is 4.98 Å². The molecule has 100 valence electrons. The maximum absolute atomic E-state index is 13.3. The van der Waals surface area contributed by atoms with E-state index in [1.165, 1.54) is 12.1 Å². The Bertz CT molecular complexity index is 533. The molecule has 1 heterocycles. The molecule has 2 aromatic rings. The van der Waals surface area contributed by atoms with E-state index in [1.54, 1.807) is 18.5 Å². The number of nitrogens with two attached hydrogens (primary N) is 1. The maximum atomic E-state index is 13.3. The number of nitrogens with one attached hydrogen (secondary N) is 1. The molecule has 0 spiro atoms. The molecule has 19 heavy (non-hydrogen) atoms. The largest absolute Gasteiger partial charge is 0.271 e. The van der Waals surface area contributed by atoms with Crippen molar-refractivity contribution in [2.24, 2.45) is 5.84 Å². The molecular weight excluding hydrogens is 265 g/mol. The predicted octanol–water partition coefficient (Wildman–Crippen LogP) is 3.01. The molecule has 3 nitrogen and oxygen atoms in total. The topological polar surface area (TPSA) is 50.9 Å². The summed E-state index contributed by atoms with van der Waals surface area (Å²) in [6.45, 7) is 0. The highest BCUT2D eigenvalue weighted by atomic mass is 35.5. The van der Waals surface area contributed by atoms with Crippen LogP contribution in [0.5, 0.6) is 0 Å². The molecule has 5 heteroatoms. The second-order valence-corrected chi connectivity index (χ2v) is 4.69. The van der Waals surface area contributed by atoms with Crippen LogP contribution in [0.2, 0.25) is 5.02 Å². The van der Waals surface area contributed by atoms with Gasteiger partial charge in [0.25, 0.3) is 0 Å². The van der Waals surface area contributed by atoms with Gasteiger partial charge in [0.15, 0.2) is 0 Å². The molecule has 0 saturated carbocycles. The zero-order valence-electron chi connectivity index (χ0n) is 10.3. The molecule has 0 fully saturated rings. The van der Waals surface area contributed by atoms with Crippen LogP contribution in [0, 0.1) is 5.82 Å². The summed E-state index contributed by atoms with van der Waals surface area (Å²) in [7, 11) is 0. The fourth-order valence-electron chi connectivity index (χ4n) is 1.97. The summed E-state index contributed by atoms with van der Waals surface area (Å²) >= 11 is 6.08. The summed E-state index contributed by atoms with van der Waals surface area (Å²) in [6, 6.07) is 7.98. The zero-order chi connectivity index (χ0) is 13.7. The van der Waals surface area contributed by atoms with Gasteiger partial charge >= 0.3 is 0 Å². The summed E-state index contributed by atoms with van der Waals surface area (Å²) in [5.41, 5.74) is 4.47. The third-order valence-corrected chi connectivity index (χ3v) is 3.32. The Morgan fingerprint density at radius 1 is 1.37 bits per heavy atom. The standard InChI is InChI=1S/C14H15ClFN3/c15-13-5-4-11(16)8-12(13)14(19-17)6-3-10-2-1-7-18-9-10/h1-2,4-5,7-9,14,19H,3,6,17H2. The van der Waals surface area contributed by atoms with Crippen molar-refractivity contribution in [3.8, 4) is 0 Å². The zero-order valence-corrected chi connectivity index (χ0v) is 11.1. The molecule has 0 aliphatic rings. The molecule has 3 N–H and O–H groups in total. The molecule has 1 unspecified atom stereocenters. The van der Waals surface area contributed by atoms with Gasteiger partial charge in [-0.1, -0.05) is 17.7 Å². The first-order chi connectivity index (χ1) is 9.20. The number of hydrogen-bond donors (Lipinski definition) is 2. The molecule has 0 radical (unpaired) electrons. The minimum Gasteiger partial charge on any atom is -0.271 e. The van der Waals surface area contributed by atoms with E-state index >= 15 is 0 Å². The summed E-state index contributed by atoms with van der Waals surface area (Å²) in [5.74, 6) is 5.22. The number of aromatic nitrogens is 1. The number of hydrazine groups is 1. The van der Waals surface area contributed by atoms with Gasteiger partial charge in [-0.15, -0.1) is 0 Å². The van der Waals surface area contributed by atoms with Gasteiger partial charge in [0.2, 0.25) is 0 Å². The van der Waals surface area contributed by atoms with E-state index in [0.717, 1.165) is 12.0 Å². The second kappa shape index (κ2) is 6.61. The Morgan fingerprint density at radius 2 is 2.21 bits per heavy atom. The van der Waals surface area contributed by atoms with Gasteiger partial charge in [-0.05, 0) is 48.2 Å². The van der Waals surface area contributed by atoms with E-state index in [1.807, 2.05) is 12.1 Å². The third-order valence-electron chi connectivity index (χ3n) is 2.98. The number of benzene rings is 1. The van der Waals surface area contributed by atoms with Crippen LogP contribution < -0.4 is 11.3 Å². The van der Waals surface area contributed by atoms with Crippen LogP contribution in [-0.2, 0) is 6.42 Å². The van der Waals surface area contributed by atoms with Gasteiger partial charge in [-0.2, -0.15) is 0 Å². The van der Waals surface area contributed by atoms with Crippen molar-refractivity contribution >= 4 is 11.6 Å². The average Bonchev–Trinajstić information content (AvgIpc) is 2.44. The average molecular weight is 280 g/mol. The summed E-state index contributed by atoms with van der Waals surface area (Å²) in [5, 5.41) is 0.510. The highest BCUT2D eigenvalue weighted by molar-refractivity contribution is 6.31. The van der Waals surface area contributed by atoms with Crippen molar-refractivity contribution in [1.82, 2.24) is 10.4 Å². The lowest BCUT2D eigenvalue weighted by atomic mass is 10.00. The van der Waals surface area contributed by atoms with E-state index in [9.17, 15) is 4.39 Å². The number of nitrogens with zero attached hydrogens (tertiary/aromatic N) is 1. The molecule has 2 rings (SSSR count). The maximum Gasteiger partial charge on any atom is 0.123 e. The van der Waals surface area contributed by atoms with Crippen LogP contribution in [0.25, 0.3) is 0 Å². The molecule has 1 atom stereocenters. The first-order valence-electron chi connectivity index (χ1n) is 6.00. The molecule has 0 saturated heterocycles. The van der Waals surface area contributed by atoms with Crippen LogP contribution >= 0.6 is 11.6 Å². The lowest BCUT2D eigenvalue weighted by Crippen LogP contribution is -2.28. The van der Waals surface area contributed by atoms with Crippen LogP contribution in [0.4, 0.5) is 4.39 Å². The summed E-state index contributed by atoms with van der Waals surface area (Å²) in [4.78, 5) is 4.06. The Labute approximate surface area is 116 Å². The van der Waals surface area contributed by atoms with Gasteiger partial charge in [-0.25, -0.2) is 4.39 Å². The van der Waals surface area contributed by atoms with Crippen LogP contribution in [0.1, 0.15) is 23.6 Å². The van der Waals surface area contributed by atoms with Gasteiger partial charge < -0.3 is 0 Å². The summed E-state index contributed by atoms with van der Waals surface area (Å²) < 4.78 is 13.3. The minimum absolute atomic E-state index is 0.191. The molecule has 0 aliphatic heterocycles. The predicted molar refractivity (Wildman–Crippen MR) is 74.0 cm³/mol. The fraction of sp³-hybridized carbons (Fsp3) is 0.214. The number of rotatable bonds is 5. The van der Waals surface area contributed by atoms with Crippen molar-refractivity contribution in [2.75, 3.05) is 0 Å². The molecule has 1 aromatic heterocycles. The molecular formula is C14H15ClFN3. The number of aryl methyl sites for hydroxylation is 1. The number of hydrogen-bond acceptors (Lipinski definition) is 3. The smallest absolute Gasteiger partial charge is 0.123 e. The first-order valence-corrected chi connectivity index (χ1v) is 6.38. The molecule has 1 aromatic carbocycles. The lowest BCUT2D eigenvalue weighted by molar-refractivity contribution is 0.511. The summed E-state index contributed by atoms with van der Waals surface area (Å²) in [6.07, 6.45) is 5.04. The number of pyridine rings is 1. The molecule has 0 amide bonds. The van der Waals surface area contributed by atoms with E-state index in [4.69, 9.17) is 17.4 Å². The van der Waals surface area contributed by atoms with E-state index in [-0.39, 0.29) is 11.9 Å². The SMILES string of the molecule is NNC(CCc1cccnc1)c1cc(F)ccc1Cl. The Balaban J connectivity index is 2.10. The minimum atomic E-state index is -0.318. The fourth-order valence-corrected chi connectivity index (χ4v) is 2.22. The third kappa shape index (κ3) is 3.73. The highest BCUT2D eigenvalue weighted by Gasteiger charge is 2.14. The normalized spacial score (nSPS) is 12.4. The van der Waals surface area contributed by atoms with Gasteiger partial charge in [0, 0.05) is 23.5 Å². The van der Waals surface area contributed by atoms with Gasteiger partial charge in [0.1, 0.15) is 5.82 Å². The molecule has 0 bridgehead atoms. The van der Waals surface area contributed by atoms with Crippen molar-refractivity contribution in [3.63, 3.8) is 0 Å². The quantitative estimate of drug-likeness (QED) is 0.653. The van der Waals surface area contributed by atoms with E-state index in [2.05, 4.69) is 10.4 Å². The van der Waals surface area contributed by atoms with Crippen molar-refractivity contribution < 1.29 is 4.39 Å². The highest BCUT2D eigenvalue weighted by Crippen LogP contribution is 2.26. The van der Waals surface area contributed by atoms with Crippen LogP contribution in [0.3, 0.4) is 0 Å². The lowest BCUT2D eigenvalue weighted by Gasteiger charge is -2.17. The monoisotopic (exact) mass is 279 g/mol.